The van der Waals surface area contributed by atoms with E-state index in [9.17, 15) is 4.79 Å². The Hall–Kier alpha value is -0.570. The van der Waals surface area contributed by atoms with Gasteiger partial charge in [0.2, 0.25) is 5.91 Å². The highest BCUT2D eigenvalue weighted by Gasteiger charge is 2.36. The van der Waals surface area contributed by atoms with E-state index in [1.165, 1.54) is 25.7 Å². The van der Waals surface area contributed by atoms with Gasteiger partial charge < -0.3 is 10.2 Å². The van der Waals surface area contributed by atoms with E-state index >= 15 is 0 Å². The molecule has 1 aliphatic carbocycles. The zero-order valence-electron chi connectivity index (χ0n) is 12.8. The molecule has 2 unspecified atom stereocenters. The maximum absolute atomic E-state index is 12.8. The molecule has 2 aliphatic rings. The third kappa shape index (κ3) is 3.71. The van der Waals surface area contributed by atoms with Crippen molar-refractivity contribution in [3.05, 3.63) is 0 Å². The van der Waals surface area contributed by atoms with Crippen LogP contribution in [0, 0.1) is 17.8 Å². The molecule has 1 aliphatic heterocycles. The van der Waals surface area contributed by atoms with Gasteiger partial charge in [0.05, 0.1) is 5.92 Å². The highest BCUT2D eigenvalue weighted by molar-refractivity contribution is 5.80. The second kappa shape index (κ2) is 6.74. The minimum atomic E-state index is 0.216. The fourth-order valence-corrected chi connectivity index (χ4v) is 3.44. The molecule has 110 valence electrons. The van der Waals surface area contributed by atoms with E-state index in [0.717, 1.165) is 26.1 Å². The van der Waals surface area contributed by atoms with Gasteiger partial charge in [-0.25, -0.2) is 0 Å². The molecular formula is C16H30N2O. The van der Waals surface area contributed by atoms with Gasteiger partial charge in [-0.3, -0.25) is 4.79 Å². The van der Waals surface area contributed by atoms with E-state index in [4.69, 9.17) is 0 Å². The maximum Gasteiger partial charge on any atom is 0.227 e. The molecule has 1 N–H and O–H groups in total. The largest absolute Gasteiger partial charge is 0.339 e. The summed E-state index contributed by atoms with van der Waals surface area (Å²) in [4.78, 5) is 15.1. The summed E-state index contributed by atoms with van der Waals surface area (Å²) in [5, 5.41) is 3.37. The Balaban J connectivity index is 2.00. The summed E-state index contributed by atoms with van der Waals surface area (Å²) in [7, 11) is 0. The highest BCUT2D eigenvalue weighted by atomic mass is 16.2. The normalized spacial score (nSPS) is 28.2. The van der Waals surface area contributed by atoms with Crippen molar-refractivity contribution in [3.8, 4) is 0 Å². The summed E-state index contributed by atoms with van der Waals surface area (Å²) in [6.07, 6.45) is 6.18. The first-order valence-corrected chi connectivity index (χ1v) is 8.10. The van der Waals surface area contributed by atoms with Crippen LogP contribution in [-0.2, 0) is 4.79 Å². The summed E-state index contributed by atoms with van der Waals surface area (Å²) < 4.78 is 0. The maximum atomic E-state index is 12.8. The van der Waals surface area contributed by atoms with Crippen LogP contribution < -0.4 is 5.32 Å². The number of carbonyl (C=O) groups is 1. The van der Waals surface area contributed by atoms with Crippen molar-refractivity contribution < 1.29 is 4.79 Å². The molecule has 0 aromatic heterocycles. The predicted molar refractivity (Wildman–Crippen MR) is 78.9 cm³/mol. The quantitative estimate of drug-likeness (QED) is 0.829. The second-order valence-electron chi connectivity index (χ2n) is 6.89. The van der Waals surface area contributed by atoms with Crippen LogP contribution in [0.15, 0.2) is 0 Å². The molecule has 0 aromatic carbocycles. The van der Waals surface area contributed by atoms with Crippen LogP contribution in [0.25, 0.3) is 0 Å². The van der Waals surface area contributed by atoms with Crippen LogP contribution in [0.4, 0.5) is 0 Å². The molecule has 1 saturated heterocycles. The van der Waals surface area contributed by atoms with Gasteiger partial charge >= 0.3 is 0 Å². The molecule has 0 radical (unpaired) electrons. The average molecular weight is 266 g/mol. The Bertz CT molecular complexity index is 297. The SMILES string of the molecule is CC(C)CCN(C(=O)C1CNCC1C)C1CCCC1. The van der Waals surface area contributed by atoms with Gasteiger partial charge in [0.15, 0.2) is 0 Å². The molecule has 3 heteroatoms. The number of carbonyl (C=O) groups excluding carboxylic acids is 1. The highest BCUT2D eigenvalue weighted by Crippen LogP contribution is 2.28. The molecule has 3 nitrogen and oxygen atoms in total. The fourth-order valence-electron chi connectivity index (χ4n) is 3.44. The van der Waals surface area contributed by atoms with E-state index in [-0.39, 0.29) is 5.92 Å². The lowest BCUT2D eigenvalue weighted by Gasteiger charge is -2.33. The fraction of sp³-hybridized carbons (Fsp3) is 0.938. The zero-order valence-corrected chi connectivity index (χ0v) is 12.8. The number of rotatable bonds is 5. The third-order valence-electron chi connectivity index (χ3n) is 4.83. The summed E-state index contributed by atoms with van der Waals surface area (Å²) in [6.45, 7) is 9.54. The van der Waals surface area contributed by atoms with Crippen LogP contribution in [0.2, 0.25) is 0 Å². The van der Waals surface area contributed by atoms with Gasteiger partial charge in [0.25, 0.3) is 0 Å². The van der Waals surface area contributed by atoms with Gasteiger partial charge in [0.1, 0.15) is 0 Å². The number of nitrogens with zero attached hydrogens (tertiary/aromatic N) is 1. The van der Waals surface area contributed by atoms with Gasteiger partial charge in [-0.2, -0.15) is 0 Å². The van der Waals surface area contributed by atoms with Crippen molar-refractivity contribution in [2.75, 3.05) is 19.6 Å². The third-order valence-corrected chi connectivity index (χ3v) is 4.83. The molecule has 1 saturated carbocycles. The van der Waals surface area contributed by atoms with E-state index in [2.05, 4.69) is 31.0 Å². The lowest BCUT2D eigenvalue weighted by Crippen LogP contribution is -2.45. The Morgan fingerprint density at radius 2 is 1.95 bits per heavy atom. The van der Waals surface area contributed by atoms with Crippen LogP contribution >= 0.6 is 0 Å². The minimum absolute atomic E-state index is 0.216. The summed E-state index contributed by atoms with van der Waals surface area (Å²) >= 11 is 0. The summed E-state index contributed by atoms with van der Waals surface area (Å²) in [5.74, 6) is 1.81. The van der Waals surface area contributed by atoms with Crippen molar-refractivity contribution in [3.63, 3.8) is 0 Å². The van der Waals surface area contributed by atoms with Crippen molar-refractivity contribution in [1.82, 2.24) is 10.2 Å². The van der Waals surface area contributed by atoms with E-state index in [0.29, 0.717) is 23.8 Å². The van der Waals surface area contributed by atoms with Crippen LogP contribution in [0.1, 0.15) is 52.9 Å². The number of nitrogens with one attached hydrogen (secondary N) is 1. The van der Waals surface area contributed by atoms with Crippen LogP contribution in [0.5, 0.6) is 0 Å². The van der Waals surface area contributed by atoms with Gasteiger partial charge in [-0.15, -0.1) is 0 Å². The second-order valence-corrected chi connectivity index (χ2v) is 6.89. The van der Waals surface area contributed by atoms with E-state index < -0.39 is 0 Å². The van der Waals surface area contributed by atoms with E-state index in [1.54, 1.807) is 0 Å². The Labute approximate surface area is 118 Å². The van der Waals surface area contributed by atoms with Gasteiger partial charge in [0, 0.05) is 19.1 Å². The zero-order chi connectivity index (χ0) is 13.8. The molecule has 2 rings (SSSR count). The van der Waals surface area contributed by atoms with Crippen molar-refractivity contribution in [2.45, 2.75) is 58.9 Å². The van der Waals surface area contributed by atoms with Crippen molar-refractivity contribution >= 4 is 5.91 Å². The predicted octanol–water partition coefficient (Wildman–Crippen LogP) is 2.66. The van der Waals surface area contributed by atoms with Gasteiger partial charge in [-0.05, 0) is 37.6 Å². The molecule has 1 amide bonds. The molecule has 0 bridgehead atoms. The average Bonchev–Trinajstić information content (AvgIpc) is 3.00. The van der Waals surface area contributed by atoms with Crippen LogP contribution in [-0.4, -0.2) is 36.5 Å². The first kappa shape index (κ1) is 14.8. The summed E-state index contributed by atoms with van der Waals surface area (Å²) in [6, 6.07) is 0.527. The standard InChI is InChI=1S/C16H30N2O/c1-12(2)8-9-18(14-6-4-5-7-14)16(19)15-11-17-10-13(15)3/h12-15,17H,4-11H2,1-3H3. The Morgan fingerprint density at radius 1 is 1.26 bits per heavy atom. The monoisotopic (exact) mass is 266 g/mol. The molecule has 2 fully saturated rings. The molecule has 2 atom stereocenters. The molecule has 1 heterocycles. The topological polar surface area (TPSA) is 32.3 Å². The molecule has 19 heavy (non-hydrogen) atoms. The Kier molecular flexibility index (Phi) is 5.26. The smallest absolute Gasteiger partial charge is 0.227 e. The van der Waals surface area contributed by atoms with Crippen LogP contribution in [0.3, 0.4) is 0 Å². The summed E-state index contributed by atoms with van der Waals surface area (Å²) in [5.41, 5.74) is 0. The number of hydrogen-bond acceptors (Lipinski definition) is 2. The molecular weight excluding hydrogens is 236 g/mol. The van der Waals surface area contributed by atoms with E-state index in [1.807, 2.05) is 0 Å². The van der Waals surface area contributed by atoms with Gasteiger partial charge in [-0.1, -0.05) is 33.6 Å². The lowest BCUT2D eigenvalue weighted by molar-refractivity contribution is -0.138. The number of hydrogen-bond donors (Lipinski definition) is 1. The van der Waals surface area contributed by atoms with Crippen molar-refractivity contribution in [2.24, 2.45) is 17.8 Å². The molecule has 0 aromatic rings. The molecule has 0 spiro atoms. The van der Waals surface area contributed by atoms with Crippen molar-refractivity contribution in [1.29, 1.82) is 0 Å². The first-order valence-electron chi connectivity index (χ1n) is 8.10. The lowest BCUT2D eigenvalue weighted by atomic mass is 9.95. The first-order chi connectivity index (χ1) is 9.09. The minimum Gasteiger partial charge on any atom is -0.339 e. The number of amides is 1. The Morgan fingerprint density at radius 3 is 2.47 bits per heavy atom.